The quantitative estimate of drug-likeness (QED) is 0.644. The Hall–Kier alpha value is -3.03. The van der Waals surface area contributed by atoms with Gasteiger partial charge in [-0.3, -0.25) is 9.59 Å². The van der Waals surface area contributed by atoms with Gasteiger partial charge in [-0.05, 0) is 43.5 Å². The average molecular weight is 436 g/mol. The van der Waals surface area contributed by atoms with Crippen LogP contribution in [0.4, 0.5) is 0 Å². The third-order valence-corrected chi connectivity index (χ3v) is 6.03. The van der Waals surface area contributed by atoms with E-state index in [1.54, 1.807) is 6.07 Å². The van der Waals surface area contributed by atoms with Crippen LogP contribution in [0.15, 0.2) is 65.1 Å². The van der Waals surface area contributed by atoms with Crippen LogP contribution in [0, 0.1) is 6.92 Å². The molecule has 4 rings (SSSR count). The van der Waals surface area contributed by atoms with E-state index in [4.69, 9.17) is 4.74 Å². The van der Waals surface area contributed by atoms with Crippen LogP contribution < -0.4 is 10.1 Å². The highest BCUT2D eigenvalue weighted by atomic mass is 32.1. The Morgan fingerprint density at radius 2 is 2.10 bits per heavy atom. The van der Waals surface area contributed by atoms with Crippen molar-refractivity contribution >= 4 is 23.2 Å². The number of hydrogen-bond donors (Lipinski definition) is 1. The molecule has 2 aromatic carbocycles. The van der Waals surface area contributed by atoms with Crippen LogP contribution in [0.25, 0.3) is 0 Å². The molecule has 7 heteroatoms. The summed E-state index contributed by atoms with van der Waals surface area (Å²) >= 11 is 1.40. The molecule has 1 fully saturated rings. The maximum Gasteiger partial charge on any atom is 0.279 e. The van der Waals surface area contributed by atoms with E-state index in [-0.39, 0.29) is 17.9 Å². The van der Waals surface area contributed by atoms with E-state index < -0.39 is 0 Å². The predicted octanol–water partition coefficient (Wildman–Crippen LogP) is 3.56. The van der Waals surface area contributed by atoms with Crippen LogP contribution in [0.5, 0.6) is 0 Å². The highest BCUT2D eigenvalue weighted by Crippen LogP contribution is 2.13. The summed E-state index contributed by atoms with van der Waals surface area (Å²) in [7, 11) is 0. The fourth-order valence-electron chi connectivity index (χ4n) is 3.61. The molecule has 3 aromatic rings. The second kappa shape index (κ2) is 9.85. The van der Waals surface area contributed by atoms with Gasteiger partial charge in [-0.25, -0.2) is 0 Å². The van der Waals surface area contributed by atoms with Crippen molar-refractivity contribution in [3.8, 4) is 0 Å². The van der Waals surface area contributed by atoms with Crippen LogP contribution in [-0.4, -0.2) is 35.6 Å². The molecule has 6 nitrogen and oxygen atoms in total. The van der Waals surface area contributed by atoms with E-state index in [9.17, 15) is 9.59 Å². The molecule has 1 aliphatic heterocycles. The summed E-state index contributed by atoms with van der Waals surface area (Å²) in [6, 6.07) is 14.9. The number of aryl methyl sites for hydroxylation is 1. The highest BCUT2D eigenvalue weighted by Gasteiger charge is 2.18. The standard InChI is InChI=1S/C24H25N3O3S/c1-17-6-4-8-18(14-17)22(28)26-24-27(11-13-31-24)16-19-7-2-3-10-21(19)23(29)25-15-20-9-5-12-30-20/h2-4,6-8,10-11,13-14,20H,5,9,12,15-16H2,1H3,(H,25,29). The van der Waals surface area contributed by atoms with Crippen molar-refractivity contribution in [3.63, 3.8) is 0 Å². The topological polar surface area (TPSA) is 72.7 Å². The van der Waals surface area contributed by atoms with Crippen molar-refractivity contribution in [1.29, 1.82) is 0 Å². The Labute approximate surface area is 185 Å². The summed E-state index contributed by atoms with van der Waals surface area (Å²) in [4.78, 5) is 30.3. The lowest BCUT2D eigenvalue weighted by Gasteiger charge is -2.13. The van der Waals surface area contributed by atoms with E-state index in [1.165, 1.54) is 11.3 Å². The van der Waals surface area contributed by atoms with Crippen LogP contribution >= 0.6 is 11.3 Å². The van der Waals surface area contributed by atoms with Crippen molar-refractivity contribution < 1.29 is 14.3 Å². The van der Waals surface area contributed by atoms with Crippen LogP contribution in [0.3, 0.4) is 0 Å². The molecule has 0 saturated carbocycles. The lowest BCUT2D eigenvalue weighted by atomic mass is 10.1. The molecule has 2 amide bonds. The van der Waals surface area contributed by atoms with E-state index in [0.29, 0.717) is 29.0 Å². The normalized spacial score (nSPS) is 16.4. The fourth-order valence-corrected chi connectivity index (χ4v) is 4.33. The lowest BCUT2D eigenvalue weighted by molar-refractivity contribution is 0.0856. The Morgan fingerprint density at radius 1 is 1.23 bits per heavy atom. The number of carbonyl (C=O) groups is 2. The molecule has 1 unspecified atom stereocenters. The third kappa shape index (κ3) is 5.37. The van der Waals surface area contributed by atoms with E-state index in [1.807, 2.05) is 65.5 Å². The highest BCUT2D eigenvalue weighted by molar-refractivity contribution is 7.07. The zero-order valence-corrected chi connectivity index (χ0v) is 18.2. The molecule has 1 aliphatic rings. The third-order valence-electron chi connectivity index (χ3n) is 5.24. The smallest absolute Gasteiger partial charge is 0.279 e. The first kappa shape index (κ1) is 21.2. The van der Waals surface area contributed by atoms with Gasteiger partial charge in [0.05, 0.1) is 12.6 Å². The number of hydrogen-bond acceptors (Lipinski definition) is 4. The maximum absolute atomic E-state index is 12.8. The molecule has 1 N–H and O–H groups in total. The van der Waals surface area contributed by atoms with Crippen molar-refractivity contribution in [2.75, 3.05) is 13.2 Å². The second-order valence-corrected chi connectivity index (χ2v) is 8.48. The molecular formula is C24H25N3O3S. The molecule has 0 aliphatic carbocycles. The summed E-state index contributed by atoms with van der Waals surface area (Å²) in [6.07, 6.45) is 4.00. The molecule has 1 aromatic heterocycles. The molecule has 1 atom stereocenters. The Kier molecular flexibility index (Phi) is 6.74. The predicted molar refractivity (Wildman–Crippen MR) is 120 cm³/mol. The fraction of sp³-hybridized carbons (Fsp3) is 0.292. The second-order valence-electron chi connectivity index (χ2n) is 7.60. The number of rotatable bonds is 6. The van der Waals surface area contributed by atoms with Gasteiger partial charge >= 0.3 is 0 Å². The van der Waals surface area contributed by atoms with Crippen molar-refractivity contribution in [3.05, 3.63) is 87.2 Å². The van der Waals surface area contributed by atoms with Crippen LogP contribution in [0.1, 0.15) is 44.7 Å². The number of benzene rings is 2. The number of thiazole rings is 1. The van der Waals surface area contributed by atoms with Crippen LogP contribution in [0.2, 0.25) is 0 Å². The van der Waals surface area contributed by atoms with Gasteiger partial charge in [-0.15, -0.1) is 11.3 Å². The minimum absolute atomic E-state index is 0.0976. The molecule has 2 heterocycles. The number of carbonyl (C=O) groups excluding carboxylic acids is 2. The number of aromatic nitrogens is 1. The van der Waals surface area contributed by atoms with Gasteiger partial charge in [-0.1, -0.05) is 35.9 Å². The van der Waals surface area contributed by atoms with Gasteiger partial charge in [0.25, 0.3) is 11.8 Å². The van der Waals surface area contributed by atoms with E-state index in [2.05, 4.69) is 10.3 Å². The van der Waals surface area contributed by atoms with E-state index >= 15 is 0 Å². The Balaban J connectivity index is 1.52. The molecule has 1 saturated heterocycles. The average Bonchev–Trinajstić information content (AvgIpc) is 3.45. The van der Waals surface area contributed by atoms with Gasteiger partial charge in [0.15, 0.2) is 4.80 Å². The molecular weight excluding hydrogens is 410 g/mol. The first-order chi connectivity index (χ1) is 15.1. The zero-order valence-electron chi connectivity index (χ0n) is 17.4. The van der Waals surface area contributed by atoms with Crippen molar-refractivity contribution in [2.45, 2.75) is 32.4 Å². The molecule has 31 heavy (non-hydrogen) atoms. The minimum atomic E-state index is -0.275. The largest absolute Gasteiger partial charge is 0.376 e. The van der Waals surface area contributed by atoms with Crippen molar-refractivity contribution in [2.24, 2.45) is 4.99 Å². The van der Waals surface area contributed by atoms with Gasteiger partial charge in [0.2, 0.25) is 0 Å². The zero-order chi connectivity index (χ0) is 21.6. The van der Waals surface area contributed by atoms with Gasteiger partial charge in [0, 0.05) is 35.9 Å². The number of nitrogens with zero attached hydrogens (tertiary/aromatic N) is 2. The molecule has 0 bridgehead atoms. The minimum Gasteiger partial charge on any atom is -0.376 e. The first-order valence-corrected chi connectivity index (χ1v) is 11.3. The molecule has 0 radical (unpaired) electrons. The van der Waals surface area contributed by atoms with Crippen molar-refractivity contribution in [1.82, 2.24) is 9.88 Å². The lowest BCUT2D eigenvalue weighted by Crippen LogP contribution is -2.32. The number of ether oxygens (including phenoxy) is 1. The summed E-state index contributed by atoms with van der Waals surface area (Å²) in [5.74, 6) is -0.390. The number of amides is 2. The Morgan fingerprint density at radius 3 is 2.90 bits per heavy atom. The molecule has 160 valence electrons. The van der Waals surface area contributed by atoms with Crippen LogP contribution in [-0.2, 0) is 11.3 Å². The van der Waals surface area contributed by atoms with Gasteiger partial charge in [0.1, 0.15) is 0 Å². The SMILES string of the molecule is Cc1cccc(C(=O)N=c2sccn2Cc2ccccc2C(=O)NCC2CCCO2)c1. The summed E-state index contributed by atoms with van der Waals surface area (Å²) in [5.41, 5.74) is 3.07. The summed E-state index contributed by atoms with van der Waals surface area (Å²) in [6.45, 7) is 3.68. The summed E-state index contributed by atoms with van der Waals surface area (Å²) in [5, 5.41) is 4.88. The summed E-state index contributed by atoms with van der Waals surface area (Å²) < 4.78 is 7.48. The maximum atomic E-state index is 12.8. The van der Waals surface area contributed by atoms with Gasteiger partial charge in [-0.2, -0.15) is 4.99 Å². The number of nitrogens with one attached hydrogen (secondary N) is 1. The van der Waals surface area contributed by atoms with E-state index in [0.717, 1.165) is 30.6 Å². The first-order valence-electron chi connectivity index (χ1n) is 10.4. The monoisotopic (exact) mass is 435 g/mol. The molecule has 0 spiro atoms. The Bertz CT molecular complexity index is 1140. The van der Waals surface area contributed by atoms with Gasteiger partial charge < -0.3 is 14.6 Å².